The van der Waals surface area contributed by atoms with Crippen molar-refractivity contribution >= 4 is 22.5 Å². The van der Waals surface area contributed by atoms with Gasteiger partial charge in [0.2, 0.25) is 5.91 Å². The fourth-order valence-corrected chi connectivity index (χ4v) is 2.64. The van der Waals surface area contributed by atoms with Gasteiger partial charge in [0.1, 0.15) is 12.3 Å². The van der Waals surface area contributed by atoms with Gasteiger partial charge in [-0.05, 0) is 30.3 Å². The highest BCUT2D eigenvalue weighted by molar-refractivity contribution is 5.90. The van der Waals surface area contributed by atoms with E-state index < -0.39 is 0 Å². The maximum absolute atomic E-state index is 12.1. The highest BCUT2D eigenvalue weighted by Gasteiger charge is 2.08. The quantitative estimate of drug-likeness (QED) is 0.449. The molecule has 156 valence electrons. The summed E-state index contributed by atoms with van der Waals surface area (Å²) < 4.78 is 7.46. The van der Waals surface area contributed by atoms with Crippen molar-refractivity contribution in [2.24, 2.45) is 0 Å². The normalized spacial score (nSPS) is 9.60. The predicted octanol–water partition coefficient (Wildman–Crippen LogP) is 5.91. The molecule has 6 heteroatoms. The lowest BCUT2D eigenvalue weighted by Crippen LogP contribution is -2.18. The average molecular weight is 405 g/mol. The van der Waals surface area contributed by atoms with Gasteiger partial charge < -0.3 is 10.1 Å². The highest BCUT2D eigenvalue weighted by Crippen LogP contribution is 2.28. The van der Waals surface area contributed by atoms with Gasteiger partial charge >= 0.3 is 0 Å². The third kappa shape index (κ3) is 6.17. The molecule has 0 aliphatic rings. The van der Waals surface area contributed by atoms with Gasteiger partial charge in [-0.2, -0.15) is 5.10 Å². The number of nitrogens with one attached hydrogen (secondary N) is 1. The Hall–Kier alpha value is -3.67. The molecule has 0 saturated carbocycles. The SMILES string of the molecule is CC.CC.O=C(Cn1cc(Oc2ccnc3ccccc23)cn1)Nc1ccccc1. The molecule has 4 rings (SSSR count). The predicted molar refractivity (Wildman–Crippen MR) is 122 cm³/mol. The van der Waals surface area contributed by atoms with E-state index in [9.17, 15) is 4.79 Å². The number of ether oxygens (including phenoxy) is 1. The van der Waals surface area contributed by atoms with Crippen LogP contribution in [-0.4, -0.2) is 20.7 Å². The van der Waals surface area contributed by atoms with Crippen molar-refractivity contribution in [3.63, 3.8) is 0 Å². The van der Waals surface area contributed by atoms with Crippen LogP contribution in [0.25, 0.3) is 10.9 Å². The van der Waals surface area contributed by atoms with E-state index in [1.807, 2.05) is 88.4 Å². The number of fused-ring (bicyclic) bond motifs is 1. The van der Waals surface area contributed by atoms with E-state index in [-0.39, 0.29) is 12.5 Å². The molecule has 30 heavy (non-hydrogen) atoms. The summed E-state index contributed by atoms with van der Waals surface area (Å²) in [4.78, 5) is 16.4. The summed E-state index contributed by atoms with van der Waals surface area (Å²) in [7, 11) is 0. The molecule has 0 spiro atoms. The van der Waals surface area contributed by atoms with Crippen LogP contribution >= 0.6 is 0 Å². The molecular weight excluding hydrogens is 376 g/mol. The molecule has 1 N–H and O–H groups in total. The number of benzene rings is 2. The van der Waals surface area contributed by atoms with Gasteiger partial charge in [-0.15, -0.1) is 0 Å². The molecular formula is C24H28N4O2. The Labute approximate surface area is 177 Å². The molecule has 0 aliphatic heterocycles. The zero-order valence-electron chi connectivity index (χ0n) is 17.9. The van der Waals surface area contributed by atoms with Crippen LogP contribution in [0, 0.1) is 0 Å². The number of anilines is 1. The number of nitrogens with zero attached hydrogens (tertiary/aromatic N) is 3. The maximum Gasteiger partial charge on any atom is 0.246 e. The summed E-state index contributed by atoms with van der Waals surface area (Å²) in [6.45, 7) is 8.11. The Morgan fingerprint density at radius 3 is 2.43 bits per heavy atom. The zero-order chi connectivity index (χ0) is 21.8. The van der Waals surface area contributed by atoms with Crippen LogP contribution in [0.3, 0.4) is 0 Å². The molecule has 0 saturated heterocycles. The third-order valence-corrected chi connectivity index (χ3v) is 3.81. The van der Waals surface area contributed by atoms with Gasteiger partial charge in [0.05, 0.1) is 17.9 Å². The Kier molecular flexibility index (Phi) is 9.06. The molecule has 4 aromatic rings. The summed E-state index contributed by atoms with van der Waals surface area (Å²) in [6.07, 6.45) is 4.99. The summed E-state index contributed by atoms with van der Waals surface area (Å²) in [5.41, 5.74) is 1.61. The Morgan fingerprint density at radius 1 is 0.967 bits per heavy atom. The number of rotatable bonds is 5. The van der Waals surface area contributed by atoms with E-state index in [0.29, 0.717) is 11.5 Å². The minimum absolute atomic E-state index is 0.106. The second kappa shape index (κ2) is 12.0. The Bertz CT molecular complexity index is 1040. The molecule has 2 aromatic carbocycles. The van der Waals surface area contributed by atoms with E-state index in [2.05, 4.69) is 15.4 Å². The van der Waals surface area contributed by atoms with Crippen LogP contribution in [0.2, 0.25) is 0 Å². The first kappa shape index (κ1) is 22.6. The lowest BCUT2D eigenvalue weighted by atomic mass is 10.2. The minimum atomic E-state index is -0.153. The molecule has 2 aromatic heterocycles. The molecule has 2 heterocycles. The molecule has 6 nitrogen and oxygen atoms in total. The molecule has 1 amide bonds. The van der Waals surface area contributed by atoms with Gasteiger partial charge in [-0.3, -0.25) is 14.5 Å². The van der Waals surface area contributed by atoms with Gasteiger partial charge in [0, 0.05) is 17.3 Å². The van der Waals surface area contributed by atoms with Crippen molar-refractivity contribution in [2.45, 2.75) is 34.2 Å². The van der Waals surface area contributed by atoms with Gasteiger partial charge in [-0.25, -0.2) is 0 Å². The molecule has 0 atom stereocenters. The van der Waals surface area contributed by atoms with Crippen molar-refractivity contribution in [2.75, 3.05) is 5.32 Å². The number of carbonyl (C=O) groups is 1. The topological polar surface area (TPSA) is 69.0 Å². The fourth-order valence-electron chi connectivity index (χ4n) is 2.64. The number of carbonyl (C=O) groups excluding carboxylic acids is 1. The molecule has 0 fully saturated rings. The standard InChI is InChI=1S/C20H16N4O2.2C2H6/c25-20(23-15-6-2-1-3-7-15)14-24-13-16(12-22-24)26-19-10-11-21-18-9-5-4-8-17(18)19;2*1-2/h1-13H,14H2,(H,23,25);2*1-2H3. The van der Waals surface area contributed by atoms with Crippen LogP contribution in [-0.2, 0) is 11.3 Å². The van der Waals surface area contributed by atoms with E-state index >= 15 is 0 Å². The number of hydrogen-bond acceptors (Lipinski definition) is 4. The van der Waals surface area contributed by atoms with Gasteiger partial charge in [0.25, 0.3) is 0 Å². The van der Waals surface area contributed by atoms with Crippen LogP contribution in [0.4, 0.5) is 5.69 Å². The fraction of sp³-hybridized carbons (Fsp3) is 0.208. The van der Waals surface area contributed by atoms with Crippen molar-refractivity contribution in [1.29, 1.82) is 0 Å². The van der Waals surface area contributed by atoms with Gasteiger partial charge in [-0.1, -0.05) is 58.0 Å². The van der Waals surface area contributed by atoms with Crippen molar-refractivity contribution < 1.29 is 9.53 Å². The van der Waals surface area contributed by atoms with Crippen LogP contribution in [0.1, 0.15) is 27.7 Å². The number of hydrogen-bond donors (Lipinski definition) is 1. The monoisotopic (exact) mass is 404 g/mol. The maximum atomic E-state index is 12.1. The van der Waals surface area contributed by atoms with Crippen molar-refractivity contribution in [3.05, 3.63) is 79.3 Å². The second-order valence-corrected chi connectivity index (χ2v) is 5.72. The second-order valence-electron chi connectivity index (χ2n) is 5.72. The number of amides is 1. The smallest absolute Gasteiger partial charge is 0.246 e. The van der Waals surface area contributed by atoms with E-state index in [1.54, 1.807) is 18.6 Å². The van der Waals surface area contributed by atoms with Gasteiger partial charge in [0.15, 0.2) is 5.75 Å². The molecule has 0 unspecified atom stereocenters. The molecule has 0 radical (unpaired) electrons. The first-order chi connectivity index (χ1) is 14.8. The minimum Gasteiger partial charge on any atom is -0.453 e. The summed E-state index contributed by atoms with van der Waals surface area (Å²) >= 11 is 0. The number of pyridine rings is 1. The van der Waals surface area contributed by atoms with E-state index in [4.69, 9.17) is 4.74 Å². The van der Waals surface area contributed by atoms with Crippen molar-refractivity contribution in [1.82, 2.24) is 14.8 Å². The summed E-state index contributed by atoms with van der Waals surface area (Å²) in [5.74, 6) is 1.11. The average Bonchev–Trinajstić information content (AvgIpc) is 3.24. The first-order valence-corrected chi connectivity index (χ1v) is 10.2. The highest BCUT2D eigenvalue weighted by atomic mass is 16.5. The molecule has 0 bridgehead atoms. The largest absolute Gasteiger partial charge is 0.453 e. The zero-order valence-corrected chi connectivity index (χ0v) is 17.9. The summed E-state index contributed by atoms with van der Waals surface area (Å²) in [6, 6.07) is 18.9. The van der Waals surface area contributed by atoms with Crippen LogP contribution < -0.4 is 10.1 Å². The van der Waals surface area contributed by atoms with E-state index in [0.717, 1.165) is 16.6 Å². The summed E-state index contributed by atoms with van der Waals surface area (Å²) in [5, 5.41) is 7.93. The number of para-hydroxylation sites is 2. The van der Waals surface area contributed by atoms with E-state index in [1.165, 1.54) is 4.68 Å². The molecule has 0 aliphatic carbocycles. The Balaban J connectivity index is 0.000000757. The first-order valence-electron chi connectivity index (χ1n) is 10.2. The van der Waals surface area contributed by atoms with Crippen LogP contribution in [0.5, 0.6) is 11.5 Å². The lowest BCUT2D eigenvalue weighted by molar-refractivity contribution is -0.116. The third-order valence-electron chi connectivity index (χ3n) is 3.81. The lowest BCUT2D eigenvalue weighted by Gasteiger charge is -2.06. The number of aromatic nitrogens is 3. The van der Waals surface area contributed by atoms with Crippen molar-refractivity contribution in [3.8, 4) is 11.5 Å². The van der Waals surface area contributed by atoms with Crippen LogP contribution in [0.15, 0.2) is 79.3 Å². The Morgan fingerprint density at radius 2 is 1.67 bits per heavy atom.